The molecule has 0 aliphatic heterocycles. The minimum atomic E-state index is -5.05. The second-order valence-electron chi connectivity index (χ2n) is 6.21. The molecule has 160 valence electrons. The number of hydrogen-bond donors (Lipinski definition) is 1. The van der Waals surface area contributed by atoms with E-state index in [0.29, 0.717) is 10.7 Å². The number of nitrogens with zero attached hydrogens (tertiary/aromatic N) is 2. The first kappa shape index (κ1) is 13.6. The van der Waals surface area contributed by atoms with Crippen LogP contribution in [0.1, 0.15) is 40.3 Å². The lowest BCUT2D eigenvalue weighted by Gasteiger charge is -2.12. The van der Waals surface area contributed by atoms with Crippen molar-refractivity contribution in [1.29, 1.82) is 0 Å². The lowest BCUT2D eigenvalue weighted by atomic mass is 10.0. The third-order valence-corrected chi connectivity index (χ3v) is 5.68. The summed E-state index contributed by atoms with van der Waals surface area (Å²) >= 11 is 0. The van der Waals surface area contributed by atoms with Crippen molar-refractivity contribution in [2.24, 2.45) is 0 Å². The Balaban J connectivity index is 2.55. The van der Waals surface area contributed by atoms with Crippen LogP contribution in [0.3, 0.4) is 0 Å². The molecule has 2 aromatic carbocycles. The summed E-state index contributed by atoms with van der Waals surface area (Å²) < 4.78 is 135. The first-order valence-electron chi connectivity index (χ1n) is 12.5. The standard InChI is InChI=1S/C21H22F3N3O2S/c1-5-15-6-7-16(10-13(15)2)18-12-20(21(22,23)24)26-27(18)17-8-9-19(14(3)11-17)30(28,29)25-4/h6-12,25H,5H2,1-4H3/i5D2,6D,7D,8D,9D,10D,11D. The minimum absolute atomic E-state index is 0.111. The molecule has 3 aromatic rings. The highest BCUT2D eigenvalue weighted by Crippen LogP contribution is 2.34. The van der Waals surface area contributed by atoms with Gasteiger partial charge in [-0.1, -0.05) is 19.0 Å². The first-order valence-corrected chi connectivity index (χ1v) is 9.99. The van der Waals surface area contributed by atoms with Crippen molar-refractivity contribution in [3.63, 3.8) is 0 Å². The maximum Gasteiger partial charge on any atom is 0.435 e. The van der Waals surface area contributed by atoms with E-state index in [1.54, 1.807) is 0 Å². The maximum absolute atomic E-state index is 13.7. The number of alkyl halides is 3. The van der Waals surface area contributed by atoms with Crippen LogP contribution < -0.4 is 4.72 Å². The summed E-state index contributed by atoms with van der Waals surface area (Å²) in [6.07, 6.45) is -7.21. The van der Waals surface area contributed by atoms with E-state index in [-0.39, 0.29) is 16.7 Å². The molecule has 0 fully saturated rings. The van der Waals surface area contributed by atoms with Crippen LogP contribution in [0.15, 0.2) is 47.2 Å². The number of halogens is 3. The normalized spacial score (nSPS) is 16.6. The molecular formula is C21H22F3N3O2S. The van der Waals surface area contributed by atoms with Crippen molar-refractivity contribution in [2.75, 3.05) is 7.05 Å². The van der Waals surface area contributed by atoms with E-state index in [1.165, 1.54) is 6.92 Å². The van der Waals surface area contributed by atoms with Gasteiger partial charge in [-0.3, -0.25) is 0 Å². The molecule has 0 amide bonds. The van der Waals surface area contributed by atoms with Gasteiger partial charge in [-0.25, -0.2) is 17.8 Å². The summed E-state index contributed by atoms with van der Waals surface area (Å²) in [5.74, 6) is 0. The summed E-state index contributed by atoms with van der Waals surface area (Å²) in [7, 11) is -3.29. The molecule has 1 aromatic heterocycles. The van der Waals surface area contributed by atoms with Crippen molar-refractivity contribution in [1.82, 2.24) is 14.5 Å². The van der Waals surface area contributed by atoms with Crippen molar-refractivity contribution < 1.29 is 32.6 Å². The van der Waals surface area contributed by atoms with Crippen LogP contribution in [-0.2, 0) is 22.6 Å². The first-order chi connectivity index (χ1) is 17.2. The number of benzene rings is 2. The Kier molecular flexibility index (Phi) is 3.58. The second-order valence-corrected chi connectivity index (χ2v) is 8.03. The molecule has 0 aliphatic rings. The summed E-state index contributed by atoms with van der Waals surface area (Å²) in [4.78, 5) is -0.718. The zero-order valence-corrected chi connectivity index (χ0v) is 17.1. The summed E-state index contributed by atoms with van der Waals surface area (Å²) in [5, 5.41) is 3.46. The molecule has 0 spiro atoms. The quantitative estimate of drug-likeness (QED) is 0.622. The predicted octanol–water partition coefficient (Wildman–Crippen LogP) is 4.65. The molecule has 0 radical (unpaired) electrons. The molecule has 0 bridgehead atoms. The predicted molar refractivity (Wildman–Crippen MR) is 109 cm³/mol. The number of hydrogen-bond acceptors (Lipinski definition) is 3. The van der Waals surface area contributed by atoms with Gasteiger partial charge in [0.1, 0.15) is 0 Å². The van der Waals surface area contributed by atoms with Gasteiger partial charge in [0, 0.05) is 8.30 Å². The Morgan fingerprint density at radius 1 is 1.17 bits per heavy atom. The number of sulfonamides is 1. The van der Waals surface area contributed by atoms with E-state index in [2.05, 4.69) is 5.10 Å². The second kappa shape index (κ2) is 7.88. The van der Waals surface area contributed by atoms with Gasteiger partial charge in [0.05, 0.1) is 24.5 Å². The topological polar surface area (TPSA) is 64.0 Å². The number of nitrogens with one attached hydrogen (secondary N) is 1. The van der Waals surface area contributed by atoms with Crippen LogP contribution in [0.25, 0.3) is 16.9 Å². The third kappa shape index (κ3) is 4.13. The molecule has 1 N–H and O–H groups in total. The monoisotopic (exact) mass is 445 g/mol. The van der Waals surface area contributed by atoms with E-state index in [9.17, 15) is 21.6 Å². The molecule has 0 aliphatic carbocycles. The van der Waals surface area contributed by atoms with E-state index >= 15 is 0 Å². The Morgan fingerprint density at radius 2 is 1.87 bits per heavy atom. The van der Waals surface area contributed by atoms with Crippen molar-refractivity contribution in [2.45, 2.75) is 38.2 Å². The Bertz CT molecular complexity index is 1520. The average molecular weight is 446 g/mol. The van der Waals surface area contributed by atoms with Gasteiger partial charge < -0.3 is 0 Å². The van der Waals surface area contributed by atoms with Crippen molar-refractivity contribution in [3.05, 3.63) is 64.7 Å². The maximum atomic E-state index is 13.7. The summed E-state index contributed by atoms with van der Waals surface area (Å²) in [5.41, 5.74) is -4.15. The molecule has 9 heteroatoms. The van der Waals surface area contributed by atoms with Crippen LogP contribution in [-0.4, -0.2) is 25.2 Å². The van der Waals surface area contributed by atoms with E-state index in [1.807, 2.05) is 4.72 Å². The van der Waals surface area contributed by atoms with Gasteiger partial charge in [-0.15, -0.1) is 0 Å². The SMILES string of the molecule is [2H]c1c([2H])c(C([2H])([2H])C)c(C)c([2H])c1-c1cc(C(F)(F)F)nn1-c1c([2H])c([2H])c(S(=O)(=O)NC)c(C)c1[2H]. The highest BCUT2D eigenvalue weighted by molar-refractivity contribution is 7.89. The lowest BCUT2D eigenvalue weighted by Crippen LogP contribution is -2.19. The molecular weight excluding hydrogens is 415 g/mol. The van der Waals surface area contributed by atoms with Crippen LogP contribution >= 0.6 is 0 Å². The molecule has 0 unspecified atom stereocenters. The molecule has 1 heterocycles. The molecule has 5 nitrogen and oxygen atoms in total. The molecule has 0 atom stereocenters. The van der Waals surface area contributed by atoms with Gasteiger partial charge in [0.2, 0.25) is 10.0 Å². The Hall–Kier alpha value is -2.65. The van der Waals surface area contributed by atoms with Gasteiger partial charge in [0.15, 0.2) is 5.69 Å². The van der Waals surface area contributed by atoms with Crippen molar-refractivity contribution >= 4 is 10.0 Å². The van der Waals surface area contributed by atoms with E-state index in [0.717, 1.165) is 20.9 Å². The van der Waals surface area contributed by atoms with Crippen LogP contribution in [0.2, 0.25) is 0 Å². The molecule has 30 heavy (non-hydrogen) atoms. The van der Waals surface area contributed by atoms with E-state index < -0.39 is 86.4 Å². The Morgan fingerprint density at radius 3 is 2.47 bits per heavy atom. The van der Waals surface area contributed by atoms with Gasteiger partial charge in [-0.05, 0) is 74.2 Å². The van der Waals surface area contributed by atoms with Crippen molar-refractivity contribution in [3.8, 4) is 16.9 Å². The van der Waals surface area contributed by atoms with Crippen LogP contribution in [0.4, 0.5) is 13.2 Å². The number of aromatic nitrogens is 2. The summed E-state index contributed by atoms with van der Waals surface area (Å²) in [6, 6.07) is -4.17. The lowest BCUT2D eigenvalue weighted by molar-refractivity contribution is -0.141. The van der Waals surface area contributed by atoms with Crippen LogP contribution in [0.5, 0.6) is 0 Å². The average Bonchev–Trinajstić information content (AvgIpc) is 3.21. The molecule has 3 rings (SSSR count). The van der Waals surface area contributed by atoms with Crippen LogP contribution in [0, 0.1) is 13.8 Å². The fraction of sp³-hybridized carbons (Fsp3) is 0.286. The zero-order chi connectivity index (χ0) is 29.3. The van der Waals surface area contributed by atoms with Gasteiger partial charge in [-0.2, -0.15) is 18.3 Å². The van der Waals surface area contributed by atoms with Gasteiger partial charge in [0.25, 0.3) is 0 Å². The molecule has 0 saturated carbocycles. The number of rotatable bonds is 5. The minimum Gasteiger partial charge on any atom is -0.232 e. The third-order valence-electron chi connectivity index (χ3n) is 4.20. The fourth-order valence-electron chi connectivity index (χ4n) is 2.70. The van der Waals surface area contributed by atoms with E-state index in [4.69, 9.17) is 11.0 Å². The highest BCUT2D eigenvalue weighted by Gasteiger charge is 2.35. The molecule has 0 saturated heterocycles. The Labute approximate surface area is 184 Å². The summed E-state index contributed by atoms with van der Waals surface area (Å²) in [6.45, 7) is 3.52. The largest absolute Gasteiger partial charge is 0.435 e. The van der Waals surface area contributed by atoms with Gasteiger partial charge >= 0.3 is 6.18 Å². The fourth-order valence-corrected chi connectivity index (χ4v) is 3.54. The smallest absolute Gasteiger partial charge is 0.232 e. The highest BCUT2D eigenvalue weighted by atomic mass is 32.2. The zero-order valence-electron chi connectivity index (χ0n) is 24.3.